The fraction of sp³-hybridized carbons (Fsp3) is 0.682. The zero-order valence-electron chi connectivity index (χ0n) is 18.1. The summed E-state index contributed by atoms with van der Waals surface area (Å²) in [6.45, 7) is 12.2. The second-order valence-electron chi connectivity index (χ2n) is 8.53. The number of nitrogens with zero attached hydrogens (tertiary/aromatic N) is 3. The van der Waals surface area contributed by atoms with Gasteiger partial charge >= 0.3 is 0 Å². The molecule has 6 nitrogen and oxygen atoms in total. The van der Waals surface area contributed by atoms with Gasteiger partial charge in [-0.3, -0.25) is 9.89 Å². The number of anilines is 1. The highest BCUT2D eigenvalue weighted by Gasteiger charge is 2.31. The van der Waals surface area contributed by atoms with E-state index in [-0.39, 0.29) is 0 Å². The normalized spacial score (nSPS) is 26.1. The van der Waals surface area contributed by atoms with E-state index >= 15 is 0 Å². The van der Waals surface area contributed by atoms with Gasteiger partial charge in [0.15, 0.2) is 5.96 Å². The third-order valence-electron chi connectivity index (χ3n) is 6.18. The maximum Gasteiger partial charge on any atom is 0.191 e. The first-order chi connectivity index (χ1) is 13.5. The number of ether oxygens (including phenoxy) is 1. The third-order valence-corrected chi connectivity index (χ3v) is 6.18. The molecule has 0 bridgehead atoms. The monoisotopic (exact) mass is 387 g/mol. The van der Waals surface area contributed by atoms with Crippen LogP contribution in [0.2, 0.25) is 0 Å². The zero-order valence-corrected chi connectivity index (χ0v) is 18.1. The molecule has 2 N–H and O–H groups in total. The van der Waals surface area contributed by atoms with Gasteiger partial charge in [0.1, 0.15) is 5.75 Å². The Bertz CT molecular complexity index is 662. The van der Waals surface area contributed by atoms with Gasteiger partial charge in [-0.15, -0.1) is 0 Å². The highest BCUT2D eigenvalue weighted by Crippen LogP contribution is 2.26. The average molecular weight is 388 g/mol. The highest BCUT2D eigenvalue weighted by atomic mass is 16.5. The Morgan fingerprint density at radius 1 is 1.29 bits per heavy atom. The van der Waals surface area contributed by atoms with Crippen molar-refractivity contribution >= 4 is 11.6 Å². The van der Waals surface area contributed by atoms with E-state index < -0.39 is 0 Å². The molecule has 0 saturated carbocycles. The highest BCUT2D eigenvalue weighted by molar-refractivity contribution is 5.80. The molecular formula is C22H37N5O. The molecule has 2 aliphatic heterocycles. The van der Waals surface area contributed by atoms with Crippen molar-refractivity contribution < 1.29 is 4.74 Å². The quantitative estimate of drug-likeness (QED) is 0.580. The van der Waals surface area contributed by atoms with Crippen LogP contribution in [0, 0.1) is 11.8 Å². The van der Waals surface area contributed by atoms with Crippen molar-refractivity contribution in [3.8, 4) is 5.75 Å². The number of rotatable bonds is 6. The van der Waals surface area contributed by atoms with Crippen LogP contribution in [0.3, 0.4) is 0 Å². The molecular weight excluding hydrogens is 350 g/mol. The van der Waals surface area contributed by atoms with Crippen molar-refractivity contribution in [3.05, 3.63) is 24.3 Å². The van der Waals surface area contributed by atoms with E-state index in [1.54, 1.807) is 7.11 Å². The Hall–Kier alpha value is -1.95. The van der Waals surface area contributed by atoms with Crippen LogP contribution >= 0.6 is 0 Å². The van der Waals surface area contributed by atoms with E-state index in [9.17, 15) is 0 Å². The minimum absolute atomic E-state index is 0.463. The smallest absolute Gasteiger partial charge is 0.191 e. The number of hydrogen-bond acceptors (Lipinski definition) is 4. The maximum atomic E-state index is 5.36. The molecule has 1 aromatic rings. The number of hydrogen-bond donors (Lipinski definition) is 2. The first kappa shape index (κ1) is 20.8. The van der Waals surface area contributed by atoms with E-state index in [4.69, 9.17) is 4.74 Å². The summed E-state index contributed by atoms with van der Waals surface area (Å²) in [7, 11) is 3.59. The Labute approximate surface area is 170 Å². The van der Waals surface area contributed by atoms with Crippen LogP contribution in [0.25, 0.3) is 0 Å². The molecule has 2 saturated heterocycles. The van der Waals surface area contributed by atoms with E-state index in [0.717, 1.165) is 44.4 Å². The number of methoxy groups -OCH3 is 1. The number of benzene rings is 1. The van der Waals surface area contributed by atoms with E-state index in [2.05, 4.69) is 64.4 Å². The zero-order chi connectivity index (χ0) is 20.1. The summed E-state index contributed by atoms with van der Waals surface area (Å²) >= 11 is 0. The lowest BCUT2D eigenvalue weighted by Crippen LogP contribution is -2.48. The lowest BCUT2D eigenvalue weighted by atomic mass is 10.1. The molecule has 28 heavy (non-hydrogen) atoms. The maximum absolute atomic E-state index is 5.36. The predicted octanol–water partition coefficient (Wildman–Crippen LogP) is 2.42. The van der Waals surface area contributed by atoms with E-state index in [0.29, 0.717) is 23.9 Å². The molecule has 2 aliphatic rings. The summed E-state index contributed by atoms with van der Waals surface area (Å²) in [6, 6.07) is 9.42. The van der Waals surface area contributed by atoms with Crippen molar-refractivity contribution in [1.82, 2.24) is 15.5 Å². The molecule has 0 radical (unpaired) electrons. The summed E-state index contributed by atoms with van der Waals surface area (Å²) < 4.78 is 5.36. The Morgan fingerprint density at radius 3 is 2.79 bits per heavy atom. The van der Waals surface area contributed by atoms with Crippen LogP contribution in [-0.2, 0) is 0 Å². The van der Waals surface area contributed by atoms with Gasteiger partial charge in [0.05, 0.1) is 7.11 Å². The Morgan fingerprint density at radius 2 is 2.11 bits per heavy atom. The standard InChI is InChI=1S/C22H37N5O/c1-16(2)27-13-17(3)21(15-27)25-22(23-4)24-12-18-9-10-26(14-18)19-7-6-8-20(11-19)28-5/h6-8,11,16-18,21H,9-10,12-15H2,1-5H3,(H2,23,24,25). The summed E-state index contributed by atoms with van der Waals surface area (Å²) in [5.41, 5.74) is 1.25. The van der Waals surface area contributed by atoms with Gasteiger partial charge < -0.3 is 20.3 Å². The van der Waals surface area contributed by atoms with Crippen LogP contribution in [0.15, 0.2) is 29.3 Å². The SMILES string of the molecule is CN=C(NCC1CCN(c2cccc(OC)c2)C1)NC1CN(C(C)C)CC1C. The van der Waals surface area contributed by atoms with Gasteiger partial charge in [0.25, 0.3) is 0 Å². The molecule has 0 spiro atoms. The summed E-state index contributed by atoms with van der Waals surface area (Å²) in [5, 5.41) is 7.22. The molecule has 3 unspecified atom stereocenters. The molecule has 2 fully saturated rings. The lowest BCUT2D eigenvalue weighted by Gasteiger charge is -2.23. The molecule has 156 valence electrons. The first-order valence-electron chi connectivity index (χ1n) is 10.6. The molecule has 0 amide bonds. The summed E-state index contributed by atoms with van der Waals surface area (Å²) in [6.07, 6.45) is 1.20. The predicted molar refractivity (Wildman–Crippen MR) is 117 cm³/mol. The second-order valence-corrected chi connectivity index (χ2v) is 8.53. The number of guanidine groups is 1. The summed E-state index contributed by atoms with van der Waals surface area (Å²) in [4.78, 5) is 9.45. The molecule has 3 atom stereocenters. The van der Waals surface area contributed by atoms with Crippen LogP contribution in [0.1, 0.15) is 27.2 Å². The van der Waals surface area contributed by atoms with Gasteiger partial charge in [0.2, 0.25) is 0 Å². The lowest BCUT2D eigenvalue weighted by molar-refractivity contribution is 0.265. The molecule has 3 rings (SSSR count). The van der Waals surface area contributed by atoms with Crippen molar-refractivity contribution in [1.29, 1.82) is 0 Å². The molecule has 2 heterocycles. The largest absolute Gasteiger partial charge is 0.497 e. The van der Waals surface area contributed by atoms with Crippen LogP contribution < -0.4 is 20.3 Å². The van der Waals surface area contributed by atoms with Crippen molar-refractivity contribution in [3.63, 3.8) is 0 Å². The van der Waals surface area contributed by atoms with Gasteiger partial charge in [-0.1, -0.05) is 13.0 Å². The Kier molecular flexibility index (Phi) is 7.05. The minimum Gasteiger partial charge on any atom is -0.497 e. The first-order valence-corrected chi connectivity index (χ1v) is 10.6. The van der Waals surface area contributed by atoms with Crippen LogP contribution in [0.4, 0.5) is 5.69 Å². The van der Waals surface area contributed by atoms with Gasteiger partial charge in [0, 0.05) is 63.6 Å². The summed E-state index contributed by atoms with van der Waals surface area (Å²) in [5.74, 6) is 3.11. The van der Waals surface area contributed by atoms with Gasteiger partial charge in [-0.25, -0.2) is 0 Å². The van der Waals surface area contributed by atoms with Crippen molar-refractivity contribution in [2.45, 2.75) is 39.3 Å². The van der Waals surface area contributed by atoms with Gasteiger partial charge in [-0.05, 0) is 44.2 Å². The molecule has 0 aromatic heterocycles. The van der Waals surface area contributed by atoms with E-state index in [1.165, 1.54) is 12.1 Å². The van der Waals surface area contributed by atoms with E-state index in [1.807, 2.05) is 13.1 Å². The van der Waals surface area contributed by atoms with Crippen molar-refractivity contribution in [2.24, 2.45) is 16.8 Å². The third kappa shape index (κ3) is 5.10. The topological polar surface area (TPSA) is 52.1 Å². The van der Waals surface area contributed by atoms with Crippen LogP contribution in [-0.4, -0.2) is 69.8 Å². The average Bonchev–Trinajstić information content (AvgIpc) is 3.32. The fourth-order valence-electron chi connectivity index (χ4n) is 4.27. The second kappa shape index (κ2) is 9.50. The number of nitrogens with one attached hydrogen (secondary N) is 2. The molecule has 1 aromatic carbocycles. The fourth-order valence-corrected chi connectivity index (χ4v) is 4.27. The molecule has 0 aliphatic carbocycles. The number of aliphatic imine (C=N–C) groups is 1. The number of likely N-dealkylation sites (tertiary alicyclic amines) is 1. The molecule has 6 heteroatoms. The minimum atomic E-state index is 0.463. The van der Waals surface area contributed by atoms with Gasteiger partial charge in [-0.2, -0.15) is 0 Å². The Balaban J connectivity index is 1.47. The van der Waals surface area contributed by atoms with Crippen molar-refractivity contribution in [2.75, 3.05) is 51.8 Å². The van der Waals surface area contributed by atoms with Crippen LogP contribution in [0.5, 0.6) is 5.75 Å².